The van der Waals surface area contributed by atoms with Gasteiger partial charge in [0.1, 0.15) is 0 Å². The molecule has 0 aromatic heterocycles. The van der Waals surface area contributed by atoms with Crippen molar-refractivity contribution in [2.45, 2.75) is 26.7 Å². The summed E-state index contributed by atoms with van der Waals surface area (Å²) >= 11 is 0. The smallest absolute Gasteiger partial charge is 0.0369 e. The molecule has 13 heavy (non-hydrogen) atoms. The van der Waals surface area contributed by atoms with E-state index >= 15 is 0 Å². The van der Waals surface area contributed by atoms with Crippen LogP contribution in [0.4, 0.5) is 0 Å². The SMILES string of the molecule is CC1(C)C=CC=C2NCCCC2=C1. The summed E-state index contributed by atoms with van der Waals surface area (Å²) in [5.74, 6) is 0. The van der Waals surface area contributed by atoms with Gasteiger partial charge in [0, 0.05) is 17.7 Å². The van der Waals surface area contributed by atoms with E-state index < -0.39 is 0 Å². The number of piperidine rings is 1. The van der Waals surface area contributed by atoms with E-state index in [2.05, 4.69) is 43.5 Å². The zero-order valence-corrected chi connectivity index (χ0v) is 8.43. The highest BCUT2D eigenvalue weighted by atomic mass is 14.9. The van der Waals surface area contributed by atoms with Gasteiger partial charge < -0.3 is 5.32 Å². The van der Waals surface area contributed by atoms with E-state index in [-0.39, 0.29) is 5.41 Å². The van der Waals surface area contributed by atoms with Crippen LogP contribution < -0.4 is 5.32 Å². The molecule has 0 bridgehead atoms. The second kappa shape index (κ2) is 3.06. The Morgan fingerprint density at radius 3 is 3.08 bits per heavy atom. The van der Waals surface area contributed by atoms with Crippen molar-refractivity contribution in [3.8, 4) is 0 Å². The maximum atomic E-state index is 3.44. The quantitative estimate of drug-likeness (QED) is 0.597. The summed E-state index contributed by atoms with van der Waals surface area (Å²) in [5.41, 5.74) is 3.03. The van der Waals surface area contributed by atoms with Crippen molar-refractivity contribution in [1.82, 2.24) is 5.32 Å². The lowest BCUT2D eigenvalue weighted by molar-refractivity contribution is 0.603. The van der Waals surface area contributed by atoms with Crippen LogP contribution in [-0.4, -0.2) is 6.54 Å². The summed E-state index contributed by atoms with van der Waals surface area (Å²) in [6.07, 6.45) is 11.5. The number of hydrogen-bond acceptors (Lipinski definition) is 1. The van der Waals surface area contributed by atoms with Crippen LogP contribution in [0.15, 0.2) is 35.6 Å². The fourth-order valence-electron chi connectivity index (χ4n) is 1.96. The Morgan fingerprint density at radius 2 is 2.23 bits per heavy atom. The molecule has 1 aliphatic carbocycles. The molecule has 0 unspecified atom stereocenters. The van der Waals surface area contributed by atoms with Gasteiger partial charge in [-0.2, -0.15) is 0 Å². The fourth-order valence-corrected chi connectivity index (χ4v) is 1.96. The standard InChI is InChI=1S/C12H17N/c1-12(2)7-3-6-11-10(9-12)5-4-8-13-11/h3,6-7,9,13H,4-5,8H2,1-2H3. The molecule has 1 heterocycles. The van der Waals surface area contributed by atoms with Crippen molar-refractivity contribution < 1.29 is 0 Å². The van der Waals surface area contributed by atoms with Crippen molar-refractivity contribution >= 4 is 0 Å². The summed E-state index contributed by atoms with van der Waals surface area (Å²) in [6, 6.07) is 0. The lowest BCUT2D eigenvalue weighted by atomic mass is 9.89. The Kier molecular flexibility index (Phi) is 2.03. The average Bonchev–Trinajstić information content (AvgIpc) is 2.21. The number of nitrogens with one attached hydrogen (secondary N) is 1. The molecule has 1 N–H and O–H groups in total. The van der Waals surface area contributed by atoms with E-state index in [4.69, 9.17) is 0 Å². The summed E-state index contributed by atoms with van der Waals surface area (Å²) in [4.78, 5) is 0. The Bertz CT molecular complexity index is 292. The first-order valence-electron chi connectivity index (χ1n) is 5.03. The van der Waals surface area contributed by atoms with Crippen LogP contribution in [0.3, 0.4) is 0 Å². The van der Waals surface area contributed by atoms with Crippen LogP contribution in [0.2, 0.25) is 0 Å². The van der Waals surface area contributed by atoms with E-state index in [0.29, 0.717) is 0 Å². The number of allylic oxidation sites excluding steroid dienone is 5. The Morgan fingerprint density at radius 1 is 1.38 bits per heavy atom. The van der Waals surface area contributed by atoms with Crippen molar-refractivity contribution in [2.24, 2.45) is 5.41 Å². The molecule has 1 nitrogen and oxygen atoms in total. The first kappa shape index (κ1) is 8.61. The van der Waals surface area contributed by atoms with Crippen LogP contribution in [0.25, 0.3) is 0 Å². The fraction of sp³-hybridized carbons (Fsp3) is 0.500. The molecular formula is C12H17N. The molecular weight excluding hydrogens is 158 g/mol. The number of hydrogen-bond donors (Lipinski definition) is 1. The minimum atomic E-state index is 0.215. The normalized spacial score (nSPS) is 25.1. The number of rotatable bonds is 0. The van der Waals surface area contributed by atoms with Gasteiger partial charge in [0.15, 0.2) is 0 Å². The molecule has 70 valence electrons. The summed E-state index contributed by atoms with van der Waals surface area (Å²) in [5, 5.41) is 3.44. The molecule has 0 aromatic carbocycles. The zero-order valence-electron chi connectivity index (χ0n) is 8.43. The highest BCUT2D eigenvalue weighted by Crippen LogP contribution is 2.29. The lowest BCUT2D eigenvalue weighted by Crippen LogP contribution is -2.22. The third kappa shape index (κ3) is 1.85. The minimum absolute atomic E-state index is 0.215. The van der Waals surface area contributed by atoms with Gasteiger partial charge in [-0.3, -0.25) is 0 Å². The predicted octanol–water partition coefficient (Wildman–Crippen LogP) is 2.78. The van der Waals surface area contributed by atoms with Crippen molar-refractivity contribution in [1.29, 1.82) is 0 Å². The van der Waals surface area contributed by atoms with E-state index in [0.717, 1.165) is 6.54 Å². The molecule has 0 saturated carbocycles. The van der Waals surface area contributed by atoms with Crippen LogP contribution in [0.1, 0.15) is 26.7 Å². The average molecular weight is 175 g/mol. The molecule has 2 rings (SSSR count). The van der Waals surface area contributed by atoms with E-state index in [1.165, 1.54) is 24.1 Å². The first-order valence-corrected chi connectivity index (χ1v) is 5.03. The Labute approximate surface area is 80.2 Å². The Hall–Kier alpha value is -0.980. The van der Waals surface area contributed by atoms with E-state index in [9.17, 15) is 0 Å². The summed E-state index contributed by atoms with van der Waals surface area (Å²) < 4.78 is 0. The third-order valence-corrected chi connectivity index (χ3v) is 2.62. The first-order chi connectivity index (χ1) is 6.17. The molecule has 1 saturated heterocycles. The van der Waals surface area contributed by atoms with Crippen LogP contribution in [0, 0.1) is 5.41 Å². The van der Waals surface area contributed by atoms with E-state index in [1.807, 2.05) is 0 Å². The topological polar surface area (TPSA) is 12.0 Å². The van der Waals surface area contributed by atoms with Crippen molar-refractivity contribution in [3.63, 3.8) is 0 Å². The summed E-state index contributed by atoms with van der Waals surface area (Å²) in [7, 11) is 0. The maximum absolute atomic E-state index is 3.44. The highest BCUT2D eigenvalue weighted by molar-refractivity contribution is 5.39. The molecule has 1 aliphatic heterocycles. The van der Waals surface area contributed by atoms with Gasteiger partial charge in [-0.05, 0) is 24.5 Å². The van der Waals surface area contributed by atoms with E-state index in [1.54, 1.807) is 0 Å². The Balaban J connectivity index is 2.34. The zero-order chi connectivity index (χ0) is 9.31. The van der Waals surface area contributed by atoms with Gasteiger partial charge in [-0.1, -0.05) is 32.1 Å². The van der Waals surface area contributed by atoms with Gasteiger partial charge in [0.25, 0.3) is 0 Å². The second-order valence-corrected chi connectivity index (χ2v) is 4.46. The molecule has 1 fully saturated rings. The lowest BCUT2D eigenvalue weighted by Gasteiger charge is -2.22. The molecule has 1 heteroatoms. The maximum Gasteiger partial charge on any atom is 0.0369 e. The minimum Gasteiger partial charge on any atom is -0.385 e. The van der Waals surface area contributed by atoms with Gasteiger partial charge in [-0.15, -0.1) is 0 Å². The second-order valence-electron chi connectivity index (χ2n) is 4.46. The van der Waals surface area contributed by atoms with Gasteiger partial charge in [0.2, 0.25) is 0 Å². The van der Waals surface area contributed by atoms with Crippen LogP contribution in [-0.2, 0) is 0 Å². The number of fused-ring (bicyclic) bond motifs is 1. The van der Waals surface area contributed by atoms with Gasteiger partial charge >= 0.3 is 0 Å². The molecule has 0 aromatic rings. The molecule has 0 spiro atoms. The predicted molar refractivity (Wildman–Crippen MR) is 56.3 cm³/mol. The highest BCUT2D eigenvalue weighted by Gasteiger charge is 2.18. The summed E-state index contributed by atoms with van der Waals surface area (Å²) in [6.45, 7) is 5.63. The van der Waals surface area contributed by atoms with Crippen LogP contribution in [0.5, 0.6) is 0 Å². The van der Waals surface area contributed by atoms with Gasteiger partial charge in [-0.25, -0.2) is 0 Å². The van der Waals surface area contributed by atoms with Crippen molar-refractivity contribution in [3.05, 3.63) is 35.6 Å². The largest absolute Gasteiger partial charge is 0.385 e. The monoisotopic (exact) mass is 175 g/mol. The van der Waals surface area contributed by atoms with Crippen LogP contribution >= 0.6 is 0 Å². The molecule has 0 amide bonds. The molecule has 2 aliphatic rings. The van der Waals surface area contributed by atoms with Gasteiger partial charge in [0.05, 0.1) is 0 Å². The molecule has 0 radical (unpaired) electrons. The molecule has 0 atom stereocenters. The third-order valence-electron chi connectivity index (χ3n) is 2.62. The van der Waals surface area contributed by atoms with Crippen molar-refractivity contribution in [2.75, 3.05) is 6.54 Å².